The Morgan fingerprint density at radius 1 is 1.31 bits per heavy atom. The molecule has 0 aromatic heterocycles. The summed E-state index contributed by atoms with van der Waals surface area (Å²) in [5.74, 6) is -1.64. The summed E-state index contributed by atoms with van der Waals surface area (Å²) in [6.07, 6.45) is -0.880. The minimum Gasteiger partial charge on any atom is -0.488 e. The van der Waals surface area contributed by atoms with Crippen LogP contribution in [0.15, 0.2) is 11.6 Å². The molecule has 0 radical (unpaired) electrons. The van der Waals surface area contributed by atoms with Gasteiger partial charge in [-0.1, -0.05) is 20.8 Å². The Bertz CT molecular complexity index is 802. The number of carbonyl (C=O) groups excluding carboxylic acids is 1. The van der Waals surface area contributed by atoms with Crippen molar-refractivity contribution in [2.75, 3.05) is 7.11 Å². The van der Waals surface area contributed by atoms with Gasteiger partial charge >= 0.3 is 0 Å². The molecule has 0 heterocycles. The number of carbonyl (C=O) groups is 1. The van der Waals surface area contributed by atoms with Crippen LogP contribution in [0.3, 0.4) is 0 Å². The number of aliphatic hydroxyl groups is 2. The van der Waals surface area contributed by atoms with Crippen LogP contribution in [0, 0.1) is 28.6 Å². The molecule has 0 spiro atoms. The minimum absolute atomic E-state index is 0.00275. The van der Waals surface area contributed by atoms with E-state index in [0.29, 0.717) is 6.42 Å². The lowest BCUT2D eigenvalue weighted by Gasteiger charge is -2.64. The molecule has 4 aliphatic rings. The summed E-state index contributed by atoms with van der Waals surface area (Å²) in [6, 6.07) is 0. The average molecular weight is 429 g/mol. The topological polar surface area (TPSA) is 66.8 Å². The first-order valence-electron chi connectivity index (χ1n) is 10.4. The third-order valence-electron chi connectivity index (χ3n) is 9.10. The molecule has 3 fully saturated rings. The molecule has 9 atom stereocenters. The summed E-state index contributed by atoms with van der Waals surface area (Å²) in [7, 11) is 1.40. The van der Waals surface area contributed by atoms with Crippen LogP contribution in [-0.4, -0.2) is 51.7 Å². The monoisotopic (exact) mass is 428 g/mol. The zero-order chi connectivity index (χ0) is 21.6. The van der Waals surface area contributed by atoms with Gasteiger partial charge in [0.05, 0.1) is 13.2 Å². The predicted molar refractivity (Wildman–Crippen MR) is 108 cm³/mol. The summed E-state index contributed by atoms with van der Waals surface area (Å²) in [5, 5.41) is 22.9. The van der Waals surface area contributed by atoms with E-state index in [1.54, 1.807) is 6.92 Å². The van der Waals surface area contributed by atoms with Crippen molar-refractivity contribution in [1.29, 1.82) is 0 Å². The highest BCUT2D eigenvalue weighted by Crippen LogP contribution is 2.71. The van der Waals surface area contributed by atoms with Gasteiger partial charge in [0.15, 0.2) is 10.8 Å². The molecule has 2 N–H and O–H groups in total. The van der Waals surface area contributed by atoms with Crippen LogP contribution in [-0.2, 0) is 9.53 Å². The number of allylic oxidation sites excluding steroid dienone is 1. The Labute approximate surface area is 175 Å². The Balaban J connectivity index is 1.86. The van der Waals surface area contributed by atoms with E-state index < -0.39 is 40.3 Å². The second-order valence-electron chi connectivity index (χ2n) is 10.1. The summed E-state index contributed by atoms with van der Waals surface area (Å²) < 4.78 is 37.5. The molecule has 3 saturated carbocycles. The van der Waals surface area contributed by atoms with Gasteiger partial charge in [0, 0.05) is 23.2 Å². The highest BCUT2D eigenvalue weighted by molar-refractivity contribution is 7.80. The maximum atomic E-state index is 17.0. The van der Waals surface area contributed by atoms with E-state index in [-0.39, 0.29) is 53.9 Å². The predicted octanol–water partition coefficient (Wildman–Crippen LogP) is 3.48. The van der Waals surface area contributed by atoms with Crippen molar-refractivity contribution in [1.82, 2.24) is 0 Å². The highest BCUT2D eigenvalue weighted by atomic mass is 32.1. The average Bonchev–Trinajstić information content (AvgIpc) is 2.86. The normalized spacial score (nSPS) is 54.1. The maximum absolute atomic E-state index is 17.0. The number of aliphatic hydroxyl groups excluding tert-OH is 1. The van der Waals surface area contributed by atoms with E-state index in [2.05, 4.69) is 0 Å². The van der Waals surface area contributed by atoms with E-state index in [4.69, 9.17) is 17.0 Å². The maximum Gasteiger partial charge on any atom is 0.192 e. The first kappa shape index (κ1) is 21.3. The Kier molecular flexibility index (Phi) is 4.63. The van der Waals surface area contributed by atoms with E-state index in [9.17, 15) is 15.0 Å². The van der Waals surface area contributed by atoms with Gasteiger partial charge in [-0.05, 0) is 61.4 Å². The summed E-state index contributed by atoms with van der Waals surface area (Å²) >= 11 is 5.34. The molecule has 0 saturated heterocycles. The number of ketones is 1. The van der Waals surface area contributed by atoms with Gasteiger partial charge in [0.2, 0.25) is 0 Å². The minimum atomic E-state index is -2.06. The van der Waals surface area contributed by atoms with Crippen LogP contribution < -0.4 is 0 Å². The summed E-state index contributed by atoms with van der Waals surface area (Å²) in [5.41, 5.74) is -5.55. The molecule has 4 rings (SSSR count). The first-order chi connectivity index (χ1) is 13.4. The van der Waals surface area contributed by atoms with Gasteiger partial charge < -0.3 is 14.9 Å². The number of fused-ring (bicyclic) bond motifs is 5. The molecule has 29 heavy (non-hydrogen) atoms. The van der Waals surface area contributed by atoms with Gasteiger partial charge in [0.25, 0.3) is 0 Å². The number of hydrogen-bond acceptors (Lipinski definition) is 5. The van der Waals surface area contributed by atoms with Crippen molar-refractivity contribution < 1.29 is 28.5 Å². The highest BCUT2D eigenvalue weighted by Gasteiger charge is 2.76. The number of methoxy groups -OCH3 is 1. The van der Waals surface area contributed by atoms with Gasteiger partial charge in [-0.3, -0.25) is 4.79 Å². The standard InChI is InChI=1S/C22H30F2O4S/c1-11-7-13-14-9-16(23)15-8-12(25)5-6-19(15,2)21(14,24)17(26)10-20(13,3)22(11,27)18(29)28-4/h8,11,13-14,16-17,26-27H,5-7,9-10H2,1-4H3/t11-,13+,14+,16+,17+,19+,20+,21+,22+/m1/s1. The van der Waals surface area contributed by atoms with Gasteiger partial charge in [0.1, 0.15) is 17.4 Å². The smallest absolute Gasteiger partial charge is 0.192 e. The number of ether oxygens (including phenoxy) is 1. The van der Waals surface area contributed by atoms with Crippen molar-refractivity contribution in [3.63, 3.8) is 0 Å². The molecule has 0 aromatic carbocycles. The van der Waals surface area contributed by atoms with E-state index in [1.165, 1.54) is 13.2 Å². The molecule has 4 nitrogen and oxygen atoms in total. The lowest BCUT2D eigenvalue weighted by atomic mass is 9.43. The molecule has 0 bridgehead atoms. The second kappa shape index (κ2) is 6.30. The summed E-state index contributed by atoms with van der Waals surface area (Å²) in [4.78, 5) is 11.9. The molecule has 7 heteroatoms. The fourth-order valence-corrected chi connectivity index (χ4v) is 7.92. The number of thiocarbonyl (C=S) groups is 1. The molecular formula is C22H30F2O4S. The van der Waals surface area contributed by atoms with E-state index in [1.807, 2.05) is 13.8 Å². The molecule has 0 aromatic rings. The van der Waals surface area contributed by atoms with Crippen LogP contribution in [0.2, 0.25) is 0 Å². The van der Waals surface area contributed by atoms with Crippen LogP contribution in [0.4, 0.5) is 8.78 Å². The summed E-state index contributed by atoms with van der Waals surface area (Å²) in [6.45, 7) is 5.32. The first-order valence-corrected chi connectivity index (χ1v) is 10.9. The molecular weight excluding hydrogens is 398 g/mol. The van der Waals surface area contributed by atoms with E-state index in [0.717, 1.165) is 0 Å². The van der Waals surface area contributed by atoms with Crippen molar-refractivity contribution >= 4 is 23.1 Å². The van der Waals surface area contributed by atoms with Crippen molar-refractivity contribution in [3.8, 4) is 0 Å². The van der Waals surface area contributed by atoms with Crippen LogP contribution in [0.1, 0.15) is 52.9 Å². The SMILES string of the molecule is COC(=S)[C@@]1(O)[C@H](C)C[C@H]2[C@@H]3C[C@H](F)C4=CC(=O)CC[C@]4(C)[C@@]3(F)[C@@H](O)C[C@@]21C. The van der Waals surface area contributed by atoms with Crippen LogP contribution >= 0.6 is 12.2 Å². The van der Waals surface area contributed by atoms with Crippen LogP contribution in [0.5, 0.6) is 0 Å². The molecule has 4 aliphatic carbocycles. The fraction of sp³-hybridized carbons (Fsp3) is 0.818. The van der Waals surface area contributed by atoms with E-state index >= 15 is 8.78 Å². The molecule has 0 aliphatic heterocycles. The second-order valence-corrected chi connectivity index (χ2v) is 10.5. The number of rotatable bonds is 1. The Hall–Kier alpha value is -0.920. The number of alkyl halides is 2. The fourth-order valence-electron chi connectivity index (χ4n) is 7.49. The molecule has 0 amide bonds. The third kappa shape index (κ3) is 2.30. The quantitative estimate of drug-likeness (QED) is 0.626. The van der Waals surface area contributed by atoms with Gasteiger partial charge in [-0.2, -0.15) is 0 Å². The lowest BCUT2D eigenvalue weighted by molar-refractivity contribution is -0.226. The lowest BCUT2D eigenvalue weighted by Crippen LogP contribution is -2.70. The zero-order valence-corrected chi connectivity index (χ0v) is 18.2. The third-order valence-corrected chi connectivity index (χ3v) is 9.58. The number of hydrogen-bond donors (Lipinski definition) is 2. The molecule has 162 valence electrons. The zero-order valence-electron chi connectivity index (χ0n) is 17.4. The van der Waals surface area contributed by atoms with Crippen molar-refractivity contribution in [2.24, 2.45) is 28.6 Å². The van der Waals surface area contributed by atoms with Crippen molar-refractivity contribution in [2.45, 2.75) is 76.4 Å². The Morgan fingerprint density at radius 2 is 1.97 bits per heavy atom. The van der Waals surface area contributed by atoms with Gasteiger partial charge in [-0.25, -0.2) is 8.78 Å². The van der Waals surface area contributed by atoms with Gasteiger partial charge in [-0.15, -0.1) is 0 Å². The molecule has 0 unspecified atom stereocenters. The van der Waals surface area contributed by atoms with Crippen molar-refractivity contribution in [3.05, 3.63) is 11.6 Å². The largest absolute Gasteiger partial charge is 0.488 e. The number of halogens is 2. The Morgan fingerprint density at radius 3 is 2.59 bits per heavy atom. The van der Waals surface area contributed by atoms with Crippen LogP contribution in [0.25, 0.3) is 0 Å².